The van der Waals surface area contributed by atoms with E-state index in [-0.39, 0.29) is 11.5 Å². The van der Waals surface area contributed by atoms with Crippen LogP contribution in [-0.4, -0.2) is 36.7 Å². The quantitative estimate of drug-likeness (QED) is 0.650. The first-order valence-electron chi connectivity index (χ1n) is 9.25. The van der Waals surface area contributed by atoms with Crippen molar-refractivity contribution in [1.29, 1.82) is 0 Å². The van der Waals surface area contributed by atoms with Gasteiger partial charge >= 0.3 is 5.97 Å². The number of aliphatic carboxylic acids is 1. The summed E-state index contributed by atoms with van der Waals surface area (Å²) in [4.78, 5) is 43.3. The predicted molar refractivity (Wildman–Crippen MR) is 102 cm³/mol. The number of anilines is 1. The van der Waals surface area contributed by atoms with E-state index in [0.29, 0.717) is 36.5 Å². The lowest BCUT2D eigenvalue weighted by molar-refractivity contribution is -0.146. The van der Waals surface area contributed by atoms with E-state index in [0.717, 1.165) is 6.42 Å². The molecule has 0 radical (unpaired) electrons. The molecular weight excluding hydrogens is 362 g/mol. The van der Waals surface area contributed by atoms with Crippen LogP contribution in [0.4, 0.5) is 5.82 Å². The number of H-pyrrole nitrogens is 1. The summed E-state index contributed by atoms with van der Waals surface area (Å²) in [6.07, 6.45) is 5.76. The highest BCUT2D eigenvalue weighted by Crippen LogP contribution is 2.27. The summed E-state index contributed by atoms with van der Waals surface area (Å²) < 4.78 is 1.36. The molecule has 0 saturated carbocycles. The summed E-state index contributed by atoms with van der Waals surface area (Å²) in [7, 11) is 0. The molecule has 2 heterocycles. The summed E-state index contributed by atoms with van der Waals surface area (Å²) in [6.45, 7) is 3.74. The molecule has 0 saturated heterocycles. The van der Waals surface area contributed by atoms with Crippen molar-refractivity contribution in [2.45, 2.75) is 39.5 Å². The van der Waals surface area contributed by atoms with Gasteiger partial charge in [-0.3, -0.25) is 19.4 Å². The van der Waals surface area contributed by atoms with Gasteiger partial charge < -0.3 is 10.4 Å². The maximum Gasteiger partial charge on any atom is 0.307 e. The monoisotopic (exact) mass is 385 g/mol. The number of carbonyl (C=O) groups is 2. The van der Waals surface area contributed by atoms with E-state index >= 15 is 0 Å². The number of hydrogen-bond acceptors (Lipinski definition) is 5. The summed E-state index contributed by atoms with van der Waals surface area (Å²) >= 11 is 0. The minimum absolute atomic E-state index is 0.206. The minimum Gasteiger partial charge on any atom is -0.481 e. The third-order valence-corrected chi connectivity index (χ3v) is 4.66. The van der Waals surface area contributed by atoms with Crippen LogP contribution in [-0.2, 0) is 16.0 Å². The van der Waals surface area contributed by atoms with E-state index in [4.69, 9.17) is 0 Å². The van der Waals surface area contributed by atoms with Gasteiger partial charge in [-0.25, -0.2) is 4.98 Å². The lowest BCUT2D eigenvalue weighted by Gasteiger charge is -2.24. The van der Waals surface area contributed by atoms with Crippen molar-refractivity contribution in [3.63, 3.8) is 0 Å². The fraction of sp³-hybridized carbons (Fsp3) is 0.421. The Bertz CT molecular complexity index is 975. The lowest BCUT2D eigenvalue weighted by atomic mass is 9.82. The molecule has 9 nitrogen and oxygen atoms in total. The molecule has 0 aliphatic heterocycles. The van der Waals surface area contributed by atoms with Gasteiger partial charge in [-0.2, -0.15) is 9.78 Å². The number of rotatable bonds is 6. The molecule has 3 N–H and O–H groups in total. The number of amides is 1. The molecule has 9 heteroatoms. The predicted octanol–water partition coefficient (Wildman–Crippen LogP) is 1.82. The van der Waals surface area contributed by atoms with Gasteiger partial charge in [-0.15, -0.1) is 0 Å². The highest BCUT2D eigenvalue weighted by molar-refractivity contribution is 5.95. The SMILES string of the molecule is CCCc1cc(=O)[nH]c(-n2nc(C)cc2NC(=O)[C@@H]2CC=CC[C@H]2C(=O)O)n1. The molecule has 0 aromatic carbocycles. The zero-order chi connectivity index (χ0) is 20.3. The van der Waals surface area contributed by atoms with Gasteiger partial charge in [-0.05, 0) is 26.2 Å². The molecule has 0 fully saturated rings. The number of carboxylic acid groups (broad SMARTS) is 1. The Morgan fingerprint density at radius 1 is 1.29 bits per heavy atom. The van der Waals surface area contributed by atoms with Crippen molar-refractivity contribution in [3.05, 3.63) is 46.0 Å². The molecule has 2 aromatic rings. The van der Waals surface area contributed by atoms with E-state index in [1.165, 1.54) is 10.7 Å². The Kier molecular flexibility index (Phi) is 5.72. The van der Waals surface area contributed by atoms with Gasteiger partial charge in [0.15, 0.2) is 0 Å². The minimum atomic E-state index is -0.993. The molecule has 1 aliphatic carbocycles. The number of nitrogens with zero attached hydrogens (tertiary/aromatic N) is 3. The Balaban J connectivity index is 1.91. The first-order valence-corrected chi connectivity index (χ1v) is 9.25. The average molecular weight is 385 g/mol. The number of nitrogens with one attached hydrogen (secondary N) is 2. The average Bonchev–Trinajstić information content (AvgIpc) is 3.01. The van der Waals surface area contributed by atoms with Crippen LogP contribution in [0, 0.1) is 18.8 Å². The number of aryl methyl sites for hydroxylation is 2. The smallest absolute Gasteiger partial charge is 0.307 e. The van der Waals surface area contributed by atoms with Crippen molar-refractivity contribution in [2.75, 3.05) is 5.32 Å². The van der Waals surface area contributed by atoms with Gasteiger partial charge in [-0.1, -0.05) is 25.5 Å². The Hall–Kier alpha value is -3.23. The number of aromatic amines is 1. The number of carboxylic acids is 1. The number of hydrogen-bond donors (Lipinski definition) is 3. The standard InChI is InChI=1S/C19H23N5O4/c1-3-6-12-10-16(25)22-19(20-12)24-15(9-11(2)23-24)21-17(26)13-7-4-5-8-14(13)18(27)28/h4-5,9-10,13-14H,3,6-8H2,1-2H3,(H,21,26)(H,27,28)(H,20,22,25)/t13-,14-/m1/s1. The van der Waals surface area contributed by atoms with Gasteiger partial charge in [0.1, 0.15) is 5.82 Å². The third kappa shape index (κ3) is 4.19. The first kappa shape index (κ1) is 19.5. The number of aromatic nitrogens is 4. The van der Waals surface area contributed by atoms with E-state index < -0.39 is 23.7 Å². The molecule has 0 unspecified atom stereocenters. The fourth-order valence-corrected chi connectivity index (χ4v) is 3.32. The van der Waals surface area contributed by atoms with Crippen LogP contribution in [0.5, 0.6) is 0 Å². The van der Waals surface area contributed by atoms with E-state index in [1.807, 2.05) is 13.0 Å². The second-order valence-electron chi connectivity index (χ2n) is 6.88. The third-order valence-electron chi connectivity index (χ3n) is 4.66. The molecule has 3 rings (SSSR count). The molecule has 28 heavy (non-hydrogen) atoms. The highest BCUT2D eigenvalue weighted by Gasteiger charge is 2.34. The largest absolute Gasteiger partial charge is 0.481 e. The molecule has 148 valence electrons. The normalized spacial score (nSPS) is 18.8. The second-order valence-corrected chi connectivity index (χ2v) is 6.88. The molecule has 1 amide bonds. The van der Waals surface area contributed by atoms with Crippen molar-refractivity contribution >= 4 is 17.7 Å². The maximum absolute atomic E-state index is 12.8. The molecular formula is C19H23N5O4. The Morgan fingerprint density at radius 3 is 2.68 bits per heavy atom. The first-order chi connectivity index (χ1) is 13.4. The summed E-state index contributed by atoms with van der Waals surface area (Å²) in [6, 6.07) is 3.09. The maximum atomic E-state index is 12.8. The lowest BCUT2D eigenvalue weighted by Crippen LogP contribution is -2.35. The summed E-state index contributed by atoms with van der Waals surface area (Å²) in [5.74, 6) is -2.30. The molecule has 2 atom stereocenters. The van der Waals surface area contributed by atoms with Crippen LogP contribution in [0.2, 0.25) is 0 Å². The molecule has 1 aliphatic rings. The number of allylic oxidation sites excluding steroid dienone is 2. The van der Waals surface area contributed by atoms with Crippen LogP contribution in [0.3, 0.4) is 0 Å². The summed E-state index contributed by atoms with van der Waals surface area (Å²) in [5.41, 5.74) is 0.953. The Labute approximate surface area is 161 Å². The van der Waals surface area contributed by atoms with Crippen LogP contribution < -0.4 is 10.9 Å². The zero-order valence-corrected chi connectivity index (χ0v) is 15.8. The number of carbonyl (C=O) groups excluding carboxylic acids is 1. The van der Waals surface area contributed by atoms with E-state index in [1.54, 1.807) is 19.1 Å². The van der Waals surface area contributed by atoms with Gasteiger partial charge in [0.2, 0.25) is 11.9 Å². The topological polar surface area (TPSA) is 130 Å². The van der Waals surface area contributed by atoms with Gasteiger partial charge in [0.25, 0.3) is 5.56 Å². The van der Waals surface area contributed by atoms with Crippen molar-refractivity contribution in [2.24, 2.45) is 11.8 Å². The fourth-order valence-electron chi connectivity index (χ4n) is 3.32. The second kappa shape index (κ2) is 8.20. The van der Waals surface area contributed by atoms with E-state index in [9.17, 15) is 19.5 Å². The van der Waals surface area contributed by atoms with Crippen molar-refractivity contribution in [1.82, 2.24) is 19.7 Å². The highest BCUT2D eigenvalue weighted by atomic mass is 16.4. The van der Waals surface area contributed by atoms with Crippen LogP contribution in [0.25, 0.3) is 5.95 Å². The van der Waals surface area contributed by atoms with Crippen LogP contribution in [0.15, 0.2) is 29.1 Å². The molecule has 2 aromatic heterocycles. The molecule has 0 bridgehead atoms. The molecule has 0 spiro atoms. The summed E-state index contributed by atoms with van der Waals surface area (Å²) in [5, 5.41) is 16.5. The van der Waals surface area contributed by atoms with E-state index in [2.05, 4.69) is 20.4 Å². The van der Waals surface area contributed by atoms with Crippen LogP contribution >= 0.6 is 0 Å². The van der Waals surface area contributed by atoms with Crippen molar-refractivity contribution in [3.8, 4) is 5.95 Å². The Morgan fingerprint density at radius 2 is 2.00 bits per heavy atom. The van der Waals surface area contributed by atoms with Gasteiger partial charge in [0.05, 0.1) is 17.5 Å². The van der Waals surface area contributed by atoms with Crippen molar-refractivity contribution < 1.29 is 14.7 Å². The van der Waals surface area contributed by atoms with Crippen LogP contribution in [0.1, 0.15) is 37.6 Å². The zero-order valence-electron chi connectivity index (χ0n) is 15.8. The van der Waals surface area contributed by atoms with Gasteiger partial charge in [0, 0.05) is 17.8 Å².